The first-order chi connectivity index (χ1) is 25.0. The van der Waals surface area contributed by atoms with Gasteiger partial charge in [-0.2, -0.15) is 0 Å². The number of amides is 2. The van der Waals surface area contributed by atoms with Crippen molar-refractivity contribution >= 4 is 23.2 Å². The van der Waals surface area contributed by atoms with Gasteiger partial charge in [0, 0.05) is 24.2 Å². The first-order valence-corrected chi connectivity index (χ1v) is 21.2. The van der Waals surface area contributed by atoms with Crippen LogP contribution in [-0.2, 0) is 16.0 Å². The molecule has 0 fully saturated rings. The minimum absolute atomic E-state index is 0.0948. The predicted molar refractivity (Wildman–Crippen MR) is 221 cm³/mol. The number of rotatable bonds is 32. The molecule has 2 N–H and O–H groups in total. The van der Waals surface area contributed by atoms with E-state index >= 15 is 0 Å². The fourth-order valence-electron chi connectivity index (χ4n) is 6.69. The van der Waals surface area contributed by atoms with Crippen molar-refractivity contribution in [1.82, 2.24) is 9.80 Å². The summed E-state index contributed by atoms with van der Waals surface area (Å²) in [5, 5.41) is 6.19. The van der Waals surface area contributed by atoms with Crippen molar-refractivity contribution in [3.05, 3.63) is 59.7 Å². The molecule has 2 aromatic rings. The fraction of sp³-hybridized carbons (Fsp3) is 0.689. The third kappa shape index (κ3) is 22.8. The molecule has 0 saturated carbocycles. The first kappa shape index (κ1) is 44.5. The molecule has 0 aromatic heterocycles. The molecule has 0 aliphatic carbocycles. The minimum atomic E-state index is 0.0948. The maximum Gasteiger partial charge on any atom is 0.224 e. The third-order valence-electron chi connectivity index (χ3n) is 9.95. The van der Waals surface area contributed by atoms with E-state index in [-0.39, 0.29) is 11.8 Å². The highest BCUT2D eigenvalue weighted by molar-refractivity contribution is 5.91. The van der Waals surface area contributed by atoms with E-state index in [1.54, 1.807) is 0 Å². The molecule has 2 rings (SSSR count). The molecule has 0 bridgehead atoms. The van der Waals surface area contributed by atoms with Crippen molar-refractivity contribution in [2.24, 2.45) is 0 Å². The van der Waals surface area contributed by atoms with E-state index in [9.17, 15) is 9.59 Å². The number of carbonyl (C=O) groups excluding carboxylic acids is 2. The van der Waals surface area contributed by atoms with Crippen molar-refractivity contribution in [3.8, 4) is 0 Å². The third-order valence-corrected chi connectivity index (χ3v) is 9.95. The molecule has 288 valence electrons. The Morgan fingerprint density at radius 3 is 1.10 bits per heavy atom. The lowest BCUT2D eigenvalue weighted by Crippen LogP contribution is -2.28. The highest BCUT2D eigenvalue weighted by Gasteiger charge is 2.10. The molecule has 6 heteroatoms. The average Bonchev–Trinajstić information content (AvgIpc) is 3.13. The van der Waals surface area contributed by atoms with Gasteiger partial charge in [-0.25, -0.2) is 0 Å². The van der Waals surface area contributed by atoms with Gasteiger partial charge < -0.3 is 20.4 Å². The van der Waals surface area contributed by atoms with Crippen molar-refractivity contribution in [2.75, 3.05) is 49.9 Å². The summed E-state index contributed by atoms with van der Waals surface area (Å²) in [6, 6.07) is 16.4. The molecule has 0 aliphatic heterocycles. The van der Waals surface area contributed by atoms with Crippen LogP contribution in [0, 0.1) is 0 Å². The number of nitrogens with zero attached hydrogens (tertiary/aromatic N) is 2. The SMILES string of the molecule is CCCCCCCCN(CCCC)CCCC(=O)Nc1ccc(Cc2ccc(NC(=O)CCCN(CCCC)CCCCCCCC)cc2)cc1. The van der Waals surface area contributed by atoms with Gasteiger partial charge in [0.2, 0.25) is 11.8 Å². The summed E-state index contributed by atoms with van der Waals surface area (Å²) >= 11 is 0. The van der Waals surface area contributed by atoms with E-state index in [1.807, 2.05) is 24.3 Å². The van der Waals surface area contributed by atoms with E-state index in [0.717, 1.165) is 69.9 Å². The molecule has 0 aliphatic rings. The highest BCUT2D eigenvalue weighted by atomic mass is 16.2. The van der Waals surface area contributed by atoms with Crippen molar-refractivity contribution in [2.45, 2.75) is 163 Å². The number of benzene rings is 2. The monoisotopic (exact) mass is 705 g/mol. The Morgan fingerprint density at radius 2 is 0.725 bits per heavy atom. The zero-order valence-electron chi connectivity index (χ0n) is 33.4. The topological polar surface area (TPSA) is 64.7 Å². The molecule has 2 amide bonds. The Bertz CT molecular complexity index is 1040. The molecule has 0 atom stereocenters. The zero-order chi connectivity index (χ0) is 36.8. The van der Waals surface area contributed by atoms with Crippen LogP contribution in [0.2, 0.25) is 0 Å². The van der Waals surface area contributed by atoms with E-state index < -0.39 is 0 Å². The lowest BCUT2D eigenvalue weighted by molar-refractivity contribution is -0.117. The van der Waals surface area contributed by atoms with Gasteiger partial charge in [0.25, 0.3) is 0 Å². The van der Waals surface area contributed by atoms with Gasteiger partial charge in [-0.1, -0.05) is 129 Å². The molecule has 6 nitrogen and oxygen atoms in total. The molecule has 0 radical (unpaired) electrons. The molecule has 0 heterocycles. The average molecular weight is 705 g/mol. The van der Waals surface area contributed by atoms with Gasteiger partial charge in [0.15, 0.2) is 0 Å². The van der Waals surface area contributed by atoms with E-state index in [2.05, 4.69) is 72.4 Å². The normalized spacial score (nSPS) is 11.4. The van der Waals surface area contributed by atoms with Crippen LogP contribution in [0.25, 0.3) is 0 Å². The van der Waals surface area contributed by atoms with Gasteiger partial charge in [-0.15, -0.1) is 0 Å². The van der Waals surface area contributed by atoms with Crippen molar-refractivity contribution in [3.63, 3.8) is 0 Å². The van der Waals surface area contributed by atoms with E-state index in [4.69, 9.17) is 0 Å². The van der Waals surface area contributed by atoms with Crippen LogP contribution < -0.4 is 10.6 Å². The van der Waals surface area contributed by atoms with Crippen LogP contribution in [0.4, 0.5) is 11.4 Å². The van der Waals surface area contributed by atoms with E-state index in [1.165, 1.54) is 114 Å². The summed E-state index contributed by atoms with van der Waals surface area (Å²) in [7, 11) is 0. The van der Waals surface area contributed by atoms with Crippen LogP contribution in [-0.4, -0.2) is 60.9 Å². The summed E-state index contributed by atoms with van der Waals surface area (Å²) in [6.45, 7) is 15.6. The molecule has 51 heavy (non-hydrogen) atoms. The number of anilines is 2. The second kappa shape index (κ2) is 29.8. The van der Waals surface area contributed by atoms with Gasteiger partial charge in [-0.05, 0) is 120 Å². The van der Waals surface area contributed by atoms with Crippen LogP contribution in [0.3, 0.4) is 0 Å². The number of nitrogens with one attached hydrogen (secondary N) is 2. The Labute approximate surface area is 313 Å². The van der Waals surface area contributed by atoms with Gasteiger partial charge in [0.1, 0.15) is 0 Å². The maximum absolute atomic E-state index is 12.7. The summed E-state index contributed by atoms with van der Waals surface area (Å²) < 4.78 is 0. The minimum Gasteiger partial charge on any atom is -0.326 e. The maximum atomic E-state index is 12.7. The Balaban J connectivity index is 1.69. The lowest BCUT2D eigenvalue weighted by atomic mass is 10.0. The van der Waals surface area contributed by atoms with Gasteiger partial charge in [-0.3, -0.25) is 9.59 Å². The Kier molecular flexibility index (Phi) is 26.0. The second-order valence-electron chi connectivity index (χ2n) is 14.8. The summed E-state index contributed by atoms with van der Waals surface area (Å²) in [5.74, 6) is 0.190. The van der Waals surface area contributed by atoms with Crippen LogP contribution in [0.15, 0.2) is 48.5 Å². The second-order valence-corrected chi connectivity index (χ2v) is 14.8. The molecule has 2 aromatic carbocycles. The molecule has 0 spiro atoms. The van der Waals surface area contributed by atoms with E-state index in [0.29, 0.717) is 12.8 Å². The molecule has 0 saturated heterocycles. The highest BCUT2D eigenvalue weighted by Crippen LogP contribution is 2.17. The Morgan fingerprint density at radius 1 is 0.412 bits per heavy atom. The van der Waals surface area contributed by atoms with Crippen LogP contribution >= 0.6 is 0 Å². The smallest absolute Gasteiger partial charge is 0.224 e. The number of carbonyl (C=O) groups is 2. The van der Waals surface area contributed by atoms with Gasteiger partial charge >= 0.3 is 0 Å². The first-order valence-electron chi connectivity index (χ1n) is 21.2. The number of hydrogen-bond donors (Lipinski definition) is 2. The number of unbranched alkanes of at least 4 members (excludes halogenated alkanes) is 12. The zero-order valence-corrected chi connectivity index (χ0v) is 33.4. The molecule has 0 unspecified atom stereocenters. The standard InChI is InChI=1S/C45H76N4O2/c1-5-9-13-15-17-19-35-48(33-11-7-3)37-21-23-44(50)46-42-29-25-40(26-30-42)39-41-27-31-43(32-28-41)47-45(51)24-22-38-49(34-12-8-4)36-20-18-16-14-10-6-2/h25-32H,5-24,33-39H2,1-4H3,(H,46,50)(H,47,51). The summed E-state index contributed by atoms with van der Waals surface area (Å²) in [5.41, 5.74) is 4.10. The van der Waals surface area contributed by atoms with Gasteiger partial charge in [0.05, 0.1) is 0 Å². The number of hydrogen-bond acceptors (Lipinski definition) is 4. The Hall–Kier alpha value is -2.70. The summed E-state index contributed by atoms with van der Waals surface area (Å²) in [6.07, 6.45) is 24.5. The van der Waals surface area contributed by atoms with Crippen molar-refractivity contribution < 1.29 is 9.59 Å². The largest absolute Gasteiger partial charge is 0.326 e. The molecular formula is C45H76N4O2. The quantitative estimate of drug-likeness (QED) is 0.0744. The van der Waals surface area contributed by atoms with Crippen molar-refractivity contribution in [1.29, 1.82) is 0 Å². The van der Waals surface area contributed by atoms with Crippen LogP contribution in [0.5, 0.6) is 0 Å². The molecular weight excluding hydrogens is 629 g/mol. The predicted octanol–water partition coefficient (Wildman–Crippen LogP) is 11.6. The fourth-order valence-corrected chi connectivity index (χ4v) is 6.69. The van der Waals surface area contributed by atoms with Crippen LogP contribution in [0.1, 0.15) is 167 Å². The summed E-state index contributed by atoms with van der Waals surface area (Å²) in [4.78, 5) is 30.5. The lowest BCUT2D eigenvalue weighted by Gasteiger charge is -2.22.